The second-order valence-corrected chi connectivity index (χ2v) is 12.3. The molecule has 0 aliphatic rings. The van der Waals surface area contributed by atoms with Gasteiger partial charge in [0.15, 0.2) is 0 Å². The average Bonchev–Trinajstić information content (AvgIpc) is 2.98. The van der Waals surface area contributed by atoms with E-state index in [1.165, 1.54) is 29.2 Å². The number of carbonyl (C=O) groups is 2. The Morgan fingerprint density at radius 1 is 0.930 bits per heavy atom. The fourth-order valence-corrected chi connectivity index (χ4v) is 6.12. The number of benzene rings is 3. The number of nitrogens with zero attached hydrogens (tertiary/aromatic N) is 2. The van der Waals surface area contributed by atoms with Crippen molar-refractivity contribution < 1.29 is 31.2 Å². The van der Waals surface area contributed by atoms with E-state index >= 15 is 0 Å². The Morgan fingerprint density at radius 2 is 1.53 bits per heavy atom. The second-order valence-electron chi connectivity index (χ2n) is 10.1. The summed E-state index contributed by atoms with van der Waals surface area (Å²) in [5.74, 6) is -1.15. The molecule has 1 N–H and O–H groups in total. The first-order chi connectivity index (χ1) is 20.3. The monoisotopic (exact) mass is 637 g/mol. The molecule has 3 aromatic carbocycles. The van der Waals surface area contributed by atoms with Crippen LogP contribution in [-0.4, -0.2) is 50.3 Å². The molecule has 0 radical (unpaired) electrons. The molecule has 0 saturated heterocycles. The minimum atomic E-state index is -4.87. The first kappa shape index (κ1) is 33.9. The van der Waals surface area contributed by atoms with Crippen LogP contribution in [0.2, 0.25) is 5.02 Å². The number of amides is 2. The highest BCUT2D eigenvalue weighted by Crippen LogP contribution is 2.38. The molecule has 0 aromatic heterocycles. The van der Waals surface area contributed by atoms with Crippen molar-refractivity contribution in [2.75, 3.05) is 17.4 Å². The highest BCUT2D eigenvalue weighted by atomic mass is 35.5. The van der Waals surface area contributed by atoms with Crippen LogP contribution in [0.1, 0.15) is 44.7 Å². The van der Waals surface area contributed by atoms with Crippen LogP contribution >= 0.6 is 11.6 Å². The quantitative estimate of drug-likeness (QED) is 0.238. The molecule has 0 fully saturated rings. The van der Waals surface area contributed by atoms with Gasteiger partial charge in [-0.25, -0.2) is 8.42 Å². The van der Waals surface area contributed by atoms with Gasteiger partial charge in [-0.1, -0.05) is 74.0 Å². The molecule has 12 heteroatoms. The topological polar surface area (TPSA) is 86.8 Å². The number of hydrogen-bond donors (Lipinski definition) is 1. The molecule has 0 aliphatic carbocycles. The van der Waals surface area contributed by atoms with Gasteiger partial charge in [0.1, 0.15) is 12.6 Å². The van der Waals surface area contributed by atoms with E-state index in [-0.39, 0.29) is 23.9 Å². The molecule has 43 heavy (non-hydrogen) atoms. The standard InChI is InChI=1S/C31H35ClF3N3O4S/c1-4-22(3)36-30(40)28(5-2)37(19-18-23-12-8-6-9-13-23)29(39)21-38(43(41,42)25-14-10-7-11-15-25)24-16-17-27(32)26(20-24)31(33,34)35/h6-17,20,22,28H,4-5,18-19,21H2,1-3H3,(H,36,40)/t22-,28-/m1/s1. The summed E-state index contributed by atoms with van der Waals surface area (Å²) in [7, 11) is -4.53. The Balaban J connectivity index is 2.09. The number of nitrogens with one attached hydrogen (secondary N) is 1. The number of anilines is 1. The van der Waals surface area contributed by atoms with Gasteiger partial charge < -0.3 is 10.2 Å². The van der Waals surface area contributed by atoms with Crippen molar-refractivity contribution >= 4 is 39.1 Å². The van der Waals surface area contributed by atoms with E-state index in [9.17, 15) is 31.2 Å². The van der Waals surface area contributed by atoms with Gasteiger partial charge in [-0.3, -0.25) is 13.9 Å². The van der Waals surface area contributed by atoms with Crippen LogP contribution in [0.25, 0.3) is 0 Å². The summed E-state index contributed by atoms with van der Waals surface area (Å²) in [6, 6.07) is 17.9. The number of hydrogen-bond acceptors (Lipinski definition) is 4. The smallest absolute Gasteiger partial charge is 0.352 e. The molecule has 232 valence electrons. The average molecular weight is 638 g/mol. The van der Waals surface area contributed by atoms with Gasteiger partial charge in [-0.05, 0) is 62.1 Å². The SMILES string of the molecule is CC[C@@H](C)NC(=O)[C@@H](CC)N(CCc1ccccc1)C(=O)CN(c1ccc(Cl)c(C(F)(F)F)c1)S(=O)(=O)c1ccccc1. The van der Waals surface area contributed by atoms with Crippen LogP contribution in [0.4, 0.5) is 18.9 Å². The van der Waals surface area contributed by atoms with E-state index in [0.29, 0.717) is 23.2 Å². The number of halogens is 4. The fourth-order valence-electron chi connectivity index (χ4n) is 4.47. The molecule has 0 spiro atoms. The van der Waals surface area contributed by atoms with Crippen molar-refractivity contribution in [2.45, 2.75) is 63.2 Å². The van der Waals surface area contributed by atoms with Crippen molar-refractivity contribution in [1.82, 2.24) is 10.2 Å². The van der Waals surface area contributed by atoms with Crippen molar-refractivity contribution in [2.24, 2.45) is 0 Å². The second kappa shape index (κ2) is 14.7. The molecule has 3 rings (SSSR count). The van der Waals surface area contributed by atoms with Crippen LogP contribution in [0.3, 0.4) is 0 Å². The molecular formula is C31H35ClF3N3O4S. The molecule has 0 aliphatic heterocycles. The van der Waals surface area contributed by atoms with Crippen molar-refractivity contribution in [1.29, 1.82) is 0 Å². The Morgan fingerprint density at radius 3 is 2.09 bits per heavy atom. The predicted octanol–water partition coefficient (Wildman–Crippen LogP) is 6.32. The van der Waals surface area contributed by atoms with Gasteiger partial charge in [0, 0.05) is 12.6 Å². The van der Waals surface area contributed by atoms with Gasteiger partial charge in [0.25, 0.3) is 10.0 Å². The summed E-state index contributed by atoms with van der Waals surface area (Å²) >= 11 is 5.81. The Bertz CT molecular complexity index is 1490. The van der Waals surface area contributed by atoms with Crippen LogP contribution in [0.5, 0.6) is 0 Å². The third kappa shape index (κ3) is 8.73. The summed E-state index contributed by atoms with van der Waals surface area (Å²) in [6.07, 6.45) is -3.62. The maximum Gasteiger partial charge on any atom is 0.417 e. The Hall–Kier alpha value is -3.57. The lowest BCUT2D eigenvalue weighted by molar-refractivity contribution is -0.139. The number of sulfonamides is 1. The summed E-state index contributed by atoms with van der Waals surface area (Å²) in [5, 5.41) is 2.27. The molecule has 0 heterocycles. The minimum Gasteiger partial charge on any atom is -0.352 e. The van der Waals surface area contributed by atoms with Crippen LogP contribution in [0.15, 0.2) is 83.8 Å². The van der Waals surface area contributed by atoms with Gasteiger partial charge in [-0.15, -0.1) is 0 Å². The molecular weight excluding hydrogens is 603 g/mol. The first-order valence-corrected chi connectivity index (χ1v) is 15.7. The number of alkyl halides is 3. The van der Waals surface area contributed by atoms with Crippen LogP contribution < -0.4 is 9.62 Å². The van der Waals surface area contributed by atoms with Crippen molar-refractivity contribution in [3.8, 4) is 0 Å². The highest BCUT2D eigenvalue weighted by Gasteiger charge is 2.37. The lowest BCUT2D eigenvalue weighted by Gasteiger charge is -2.34. The zero-order chi connectivity index (χ0) is 31.8. The molecule has 0 saturated carbocycles. The van der Waals surface area contributed by atoms with E-state index < -0.39 is 56.9 Å². The van der Waals surface area contributed by atoms with E-state index in [4.69, 9.17) is 11.6 Å². The molecule has 0 bridgehead atoms. The zero-order valence-corrected chi connectivity index (χ0v) is 25.7. The lowest BCUT2D eigenvalue weighted by atomic mass is 10.1. The Labute approximate surface area is 255 Å². The van der Waals surface area contributed by atoms with Crippen molar-refractivity contribution in [3.05, 3.63) is 95.0 Å². The van der Waals surface area contributed by atoms with E-state index in [2.05, 4.69) is 5.32 Å². The molecule has 2 amide bonds. The number of rotatable bonds is 13. The molecule has 7 nitrogen and oxygen atoms in total. The minimum absolute atomic E-state index is 0.0723. The normalized spacial score (nSPS) is 13.2. The first-order valence-electron chi connectivity index (χ1n) is 13.9. The number of carbonyl (C=O) groups excluding carboxylic acids is 2. The predicted molar refractivity (Wildman–Crippen MR) is 161 cm³/mol. The summed E-state index contributed by atoms with van der Waals surface area (Å²) in [6.45, 7) is 4.68. The zero-order valence-electron chi connectivity index (χ0n) is 24.1. The van der Waals surface area contributed by atoms with Crippen LogP contribution in [-0.2, 0) is 32.2 Å². The fraction of sp³-hybridized carbons (Fsp3) is 0.355. The van der Waals surface area contributed by atoms with Gasteiger partial charge in [0.05, 0.1) is 21.2 Å². The van der Waals surface area contributed by atoms with Gasteiger partial charge in [-0.2, -0.15) is 13.2 Å². The Kier molecular flexibility index (Phi) is 11.6. The summed E-state index contributed by atoms with van der Waals surface area (Å²) in [4.78, 5) is 28.4. The maximum absolute atomic E-state index is 14.0. The summed E-state index contributed by atoms with van der Waals surface area (Å²) < 4.78 is 69.6. The molecule has 0 unspecified atom stereocenters. The van der Waals surface area contributed by atoms with Gasteiger partial charge in [0.2, 0.25) is 11.8 Å². The van der Waals surface area contributed by atoms with Crippen LogP contribution in [0, 0.1) is 0 Å². The summed E-state index contributed by atoms with van der Waals surface area (Å²) in [5.41, 5.74) is -0.750. The maximum atomic E-state index is 14.0. The van der Waals surface area contributed by atoms with E-state index in [1.54, 1.807) is 13.0 Å². The third-order valence-corrected chi connectivity index (χ3v) is 9.14. The highest BCUT2D eigenvalue weighted by molar-refractivity contribution is 7.92. The van der Waals surface area contributed by atoms with Crippen molar-refractivity contribution in [3.63, 3.8) is 0 Å². The molecule has 3 aromatic rings. The van der Waals surface area contributed by atoms with E-state index in [0.717, 1.165) is 17.7 Å². The van der Waals surface area contributed by atoms with E-state index in [1.807, 2.05) is 44.2 Å². The largest absolute Gasteiger partial charge is 0.417 e. The molecule has 2 atom stereocenters. The van der Waals surface area contributed by atoms with Gasteiger partial charge >= 0.3 is 6.18 Å². The third-order valence-electron chi connectivity index (χ3n) is 7.02. The lowest BCUT2D eigenvalue weighted by Crippen LogP contribution is -2.54.